The van der Waals surface area contributed by atoms with E-state index in [-0.39, 0.29) is 5.82 Å². The van der Waals surface area contributed by atoms with Crippen LogP contribution in [0.3, 0.4) is 0 Å². The van der Waals surface area contributed by atoms with Crippen LogP contribution in [0.15, 0.2) is 18.2 Å². The van der Waals surface area contributed by atoms with Gasteiger partial charge in [0.25, 0.3) is 0 Å². The van der Waals surface area contributed by atoms with Crippen LogP contribution in [0.5, 0.6) is 0 Å². The lowest BCUT2D eigenvalue weighted by atomic mass is 10.0. The second kappa shape index (κ2) is 6.64. The monoisotopic (exact) mass is 182 g/mol. The highest BCUT2D eigenvalue weighted by Gasteiger charge is 1.97. The lowest BCUT2D eigenvalue weighted by Crippen LogP contribution is -1.89. The first-order chi connectivity index (χ1) is 6.24. The van der Waals surface area contributed by atoms with Gasteiger partial charge in [-0.2, -0.15) is 0 Å². The highest BCUT2D eigenvalue weighted by molar-refractivity contribution is 5.26. The fraction of sp³-hybridized carbons (Fsp3) is 0.500. The van der Waals surface area contributed by atoms with Crippen LogP contribution in [0.25, 0.3) is 0 Å². The second-order valence-corrected chi connectivity index (χ2v) is 2.82. The Labute approximate surface area is 80.8 Å². The highest BCUT2D eigenvalue weighted by atomic mass is 19.1. The van der Waals surface area contributed by atoms with Gasteiger partial charge in [0.2, 0.25) is 0 Å². The summed E-state index contributed by atoms with van der Waals surface area (Å²) in [5.41, 5.74) is 2.32. The Balaban J connectivity index is 0.000000671. The van der Waals surface area contributed by atoms with Gasteiger partial charge in [0.1, 0.15) is 5.82 Å². The summed E-state index contributed by atoms with van der Waals surface area (Å²) in [6, 6.07) is 4.97. The molecule has 13 heavy (non-hydrogen) atoms. The lowest BCUT2D eigenvalue weighted by Gasteiger charge is -2.02. The lowest BCUT2D eigenvalue weighted by molar-refractivity contribution is 0.624. The van der Waals surface area contributed by atoms with Gasteiger partial charge in [0.05, 0.1) is 0 Å². The number of hydrogen-bond donors (Lipinski definition) is 0. The van der Waals surface area contributed by atoms with Gasteiger partial charge in [-0.15, -0.1) is 0 Å². The van der Waals surface area contributed by atoms with Crippen molar-refractivity contribution in [2.45, 2.75) is 40.5 Å². The van der Waals surface area contributed by atoms with Crippen molar-refractivity contribution in [2.75, 3.05) is 0 Å². The van der Waals surface area contributed by atoms with Gasteiger partial charge in [-0.3, -0.25) is 0 Å². The fourth-order valence-electron chi connectivity index (χ4n) is 1.18. The highest BCUT2D eigenvalue weighted by Crippen LogP contribution is 2.11. The Morgan fingerprint density at radius 3 is 2.38 bits per heavy atom. The molecule has 1 rings (SSSR count). The molecule has 0 spiro atoms. The molecule has 1 heteroatoms. The molecule has 0 heterocycles. The summed E-state index contributed by atoms with van der Waals surface area (Å²) in [4.78, 5) is 0. The van der Waals surface area contributed by atoms with Crippen LogP contribution in [-0.4, -0.2) is 0 Å². The minimum Gasteiger partial charge on any atom is -0.207 e. The van der Waals surface area contributed by atoms with Crippen LogP contribution < -0.4 is 0 Å². The normalized spacial score (nSPS) is 9.00. The number of hydrogen-bond acceptors (Lipinski definition) is 0. The largest absolute Gasteiger partial charge is 0.207 e. The summed E-state index contributed by atoms with van der Waals surface area (Å²) in [6.07, 6.45) is 2.05. The number of benzene rings is 1. The topological polar surface area (TPSA) is 0 Å². The maximum absolute atomic E-state index is 12.7. The summed E-state index contributed by atoms with van der Waals surface area (Å²) in [6.45, 7) is 8.12. The average Bonchev–Trinajstić information content (AvgIpc) is 2.15. The van der Waals surface area contributed by atoms with Gasteiger partial charge >= 0.3 is 0 Å². The summed E-state index contributed by atoms with van der Waals surface area (Å²) in [7, 11) is 0. The molecule has 0 nitrogen and oxygen atoms in total. The molecule has 0 amide bonds. The smallest absolute Gasteiger partial charge is 0.123 e. The fourth-order valence-corrected chi connectivity index (χ4v) is 1.18. The Bertz CT molecular complexity index is 241. The standard InChI is InChI=1S/C10H13F.C2H6/c1-3-4-9-7-10(11)6-5-8(9)2;1-2/h5-7H,3-4H2,1-2H3;1-2H3. The maximum atomic E-state index is 12.7. The zero-order valence-electron chi connectivity index (χ0n) is 9.02. The minimum absolute atomic E-state index is 0.126. The van der Waals surface area contributed by atoms with Crippen molar-refractivity contribution in [3.8, 4) is 0 Å². The molecule has 0 atom stereocenters. The van der Waals surface area contributed by atoms with E-state index in [0.29, 0.717) is 0 Å². The van der Waals surface area contributed by atoms with E-state index >= 15 is 0 Å². The molecular formula is C12H19F. The van der Waals surface area contributed by atoms with Gasteiger partial charge < -0.3 is 0 Å². The molecule has 0 saturated carbocycles. The predicted octanol–water partition coefficient (Wildman–Crippen LogP) is 4.11. The zero-order valence-corrected chi connectivity index (χ0v) is 9.02. The van der Waals surface area contributed by atoms with Crippen molar-refractivity contribution < 1.29 is 4.39 Å². The van der Waals surface area contributed by atoms with Gasteiger partial charge in [-0.1, -0.05) is 33.3 Å². The van der Waals surface area contributed by atoms with Gasteiger partial charge in [-0.05, 0) is 36.6 Å². The Morgan fingerprint density at radius 2 is 1.85 bits per heavy atom. The molecule has 0 aliphatic carbocycles. The summed E-state index contributed by atoms with van der Waals surface area (Å²) in [5, 5.41) is 0. The first kappa shape index (κ1) is 12.2. The van der Waals surface area contributed by atoms with E-state index in [1.54, 1.807) is 6.07 Å². The first-order valence-electron chi connectivity index (χ1n) is 4.99. The van der Waals surface area contributed by atoms with E-state index in [2.05, 4.69) is 6.92 Å². The second-order valence-electron chi connectivity index (χ2n) is 2.82. The molecule has 0 fully saturated rings. The first-order valence-corrected chi connectivity index (χ1v) is 4.99. The Kier molecular flexibility index (Phi) is 6.21. The molecule has 0 unspecified atom stereocenters. The Hall–Kier alpha value is -0.850. The van der Waals surface area contributed by atoms with Crippen molar-refractivity contribution in [3.63, 3.8) is 0 Å². The number of halogens is 1. The minimum atomic E-state index is -0.126. The van der Waals surface area contributed by atoms with Crippen LogP contribution in [0.2, 0.25) is 0 Å². The van der Waals surface area contributed by atoms with Crippen LogP contribution in [-0.2, 0) is 6.42 Å². The van der Waals surface area contributed by atoms with E-state index in [4.69, 9.17) is 0 Å². The molecular weight excluding hydrogens is 163 g/mol. The summed E-state index contributed by atoms with van der Waals surface area (Å²) in [5.74, 6) is -0.126. The Morgan fingerprint density at radius 1 is 1.23 bits per heavy atom. The van der Waals surface area contributed by atoms with E-state index < -0.39 is 0 Å². The third-order valence-electron chi connectivity index (χ3n) is 1.83. The van der Waals surface area contributed by atoms with Crippen molar-refractivity contribution >= 4 is 0 Å². The van der Waals surface area contributed by atoms with Crippen LogP contribution >= 0.6 is 0 Å². The molecule has 74 valence electrons. The molecule has 0 bridgehead atoms. The molecule has 0 radical (unpaired) electrons. The SMILES string of the molecule is CC.CCCc1cc(F)ccc1C. The van der Waals surface area contributed by atoms with Crippen molar-refractivity contribution in [3.05, 3.63) is 35.1 Å². The van der Waals surface area contributed by atoms with Gasteiger partial charge in [-0.25, -0.2) is 4.39 Å². The van der Waals surface area contributed by atoms with Crippen LogP contribution in [0, 0.1) is 12.7 Å². The van der Waals surface area contributed by atoms with Crippen molar-refractivity contribution in [2.24, 2.45) is 0 Å². The van der Waals surface area contributed by atoms with E-state index in [0.717, 1.165) is 18.4 Å². The van der Waals surface area contributed by atoms with E-state index in [9.17, 15) is 4.39 Å². The molecule has 0 N–H and O–H groups in total. The summed E-state index contributed by atoms with van der Waals surface area (Å²) < 4.78 is 12.7. The van der Waals surface area contributed by atoms with Crippen molar-refractivity contribution in [1.82, 2.24) is 0 Å². The molecule has 1 aromatic rings. The summed E-state index contributed by atoms with van der Waals surface area (Å²) >= 11 is 0. The van der Waals surface area contributed by atoms with Crippen molar-refractivity contribution in [1.29, 1.82) is 0 Å². The van der Waals surface area contributed by atoms with Crippen LogP contribution in [0.4, 0.5) is 4.39 Å². The molecule has 1 aromatic carbocycles. The maximum Gasteiger partial charge on any atom is 0.123 e. The third-order valence-corrected chi connectivity index (χ3v) is 1.83. The van der Waals surface area contributed by atoms with Gasteiger partial charge in [0.15, 0.2) is 0 Å². The molecule has 0 aliphatic rings. The zero-order chi connectivity index (χ0) is 10.3. The third kappa shape index (κ3) is 4.07. The number of aryl methyl sites for hydroxylation is 2. The van der Waals surface area contributed by atoms with Crippen LogP contribution in [0.1, 0.15) is 38.3 Å². The number of rotatable bonds is 2. The molecule has 0 saturated heterocycles. The van der Waals surface area contributed by atoms with E-state index in [1.165, 1.54) is 11.6 Å². The molecule has 0 aromatic heterocycles. The average molecular weight is 182 g/mol. The molecule has 0 aliphatic heterocycles. The van der Waals surface area contributed by atoms with E-state index in [1.807, 2.05) is 26.8 Å². The quantitative estimate of drug-likeness (QED) is 0.645. The predicted molar refractivity (Wildman–Crippen MR) is 56.5 cm³/mol. The van der Waals surface area contributed by atoms with Gasteiger partial charge in [0, 0.05) is 0 Å².